The topological polar surface area (TPSA) is 49.3 Å². The largest absolute Gasteiger partial charge is 0.508 e. The Labute approximate surface area is 115 Å². The van der Waals surface area contributed by atoms with E-state index in [1.165, 1.54) is 31.7 Å². The molecule has 1 amide bonds. The van der Waals surface area contributed by atoms with Gasteiger partial charge in [-0.1, -0.05) is 38.7 Å². The average molecular weight is 261 g/mol. The molecule has 0 radical (unpaired) electrons. The summed E-state index contributed by atoms with van der Waals surface area (Å²) in [6.07, 6.45) is 6.31. The quantitative estimate of drug-likeness (QED) is 0.873. The van der Waals surface area contributed by atoms with Gasteiger partial charge in [0.1, 0.15) is 5.75 Å². The first-order chi connectivity index (χ1) is 9.15. The molecule has 0 bridgehead atoms. The molecule has 0 aromatic heterocycles. The minimum absolute atomic E-state index is 0.0972. The molecule has 0 unspecified atom stereocenters. The van der Waals surface area contributed by atoms with Gasteiger partial charge in [0.25, 0.3) is 5.91 Å². The van der Waals surface area contributed by atoms with Crippen LogP contribution in [0.15, 0.2) is 24.3 Å². The molecule has 0 spiro atoms. The van der Waals surface area contributed by atoms with Gasteiger partial charge in [-0.05, 0) is 36.5 Å². The summed E-state index contributed by atoms with van der Waals surface area (Å²) in [5, 5.41) is 12.3. The molecule has 1 fully saturated rings. The number of carbonyl (C=O) groups is 1. The van der Waals surface area contributed by atoms with Crippen LogP contribution < -0.4 is 5.32 Å². The van der Waals surface area contributed by atoms with Crippen molar-refractivity contribution in [2.24, 2.45) is 11.8 Å². The van der Waals surface area contributed by atoms with E-state index in [0.29, 0.717) is 5.56 Å². The van der Waals surface area contributed by atoms with Crippen molar-refractivity contribution < 1.29 is 9.90 Å². The van der Waals surface area contributed by atoms with Crippen LogP contribution in [0.25, 0.3) is 0 Å². The van der Waals surface area contributed by atoms with E-state index >= 15 is 0 Å². The monoisotopic (exact) mass is 261 g/mol. The maximum absolute atomic E-state index is 11.9. The first-order valence-corrected chi connectivity index (χ1v) is 7.22. The Morgan fingerprint density at radius 1 is 1.32 bits per heavy atom. The van der Waals surface area contributed by atoms with Gasteiger partial charge in [0, 0.05) is 12.1 Å². The molecule has 1 saturated carbocycles. The zero-order chi connectivity index (χ0) is 13.7. The van der Waals surface area contributed by atoms with E-state index in [2.05, 4.69) is 12.2 Å². The smallest absolute Gasteiger partial charge is 0.251 e. The number of benzene rings is 1. The Kier molecular flexibility index (Phi) is 4.83. The van der Waals surface area contributed by atoms with Crippen molar-refractivity contribution in [2.75, 3.05) is 6.54 Å². The van der Waals surface area contributed by atoms with Gasteiger partial charge < -0.3 is 10.4 Å². The summed E-state index contributed by atoms with van der Waals surface area (Å²) >= 11 is 0. The highest BCUT2D eigenvalue weighted by Crippen LogP contribution is 2.29. The van der Waals surface area contributed by atoms with Crippen LogP contribution in [-0.2, 0) is 0 Å². The van der Waals surface area contributed by atoms with Crippen molar-refractivity contribution in [1.82, 2.24) is 5.32 Å². The number of hydrogen-bond donors (Lipinski definition) is 2. The molecule has 1 aliphatic rings. The molecule has 104 valence electrons. The lowest BCUT2D eigenvalue weighted by molar-refractivity contribution is 0.0949. The number of nitrogens with one attached hydrogen (secondary N) is 1. The van der Waals surface area contributed by atoms with Gasteiger partial charge in [0.2, 0.25) is 0 Å². The highest BCUT2D eigenvalue weighted by atomic mass is 16.3. The summed E-state index contributed by atoms with van der Waals surface area (Å²) in [6.45, 7) is 3.05. The lowest BCUT2D eigenvalue weighted by Gasteiger charge is -2.26. The Morgan fingerprint density at radius 2 is 2.05 bits per heavy atom. The van der Waals surface area contributed by atoms with Crippen LogP contribution in [0.3, 0.4) is 0 Å². The van der Waals surface area contributed by atoms with E-state index in [9.17, 15) is 9.90 Å². The summed E-state index contributed by atoms with van der Waals surface area (Å²) < 4.78 is 0. The molecule has 0 saturated heterocycles. The third-order valence-corrected chi connectivity index (χ3v) is 4.08. The fourth-order valence-electron chi connectivity index (χ4n) is 2.76. The van der Waals surface area contributed by atoms with E-state index in [1.54, 1.807) is 18.2 Å². The number of rotatable bonds is 4. The first kappa shape index (κ1) is 13.9. The second-order valence-corrected chi connectivity index (χ2v) is 5.72. The first-order valence-electron chi connectivity index (χ1n) is 7.22. The fraction of sp³-hybridized carbons (Fsp3) is 0.562. The molecular formula is C16H23NO2. The van der Waals surface area contributed by atoms with Crippen LogP contribution in [0, 0.1) is 11.8 Å². The number of phenols is 1. The standard InChI is InChI=1S/C16H23NO2/c1-12-5-7-13(8-6-12)9-10-17-16(19)14-3-2-4-15(18)11-14/h2-4,11-13,18H,5-10H2,1H3,(H,17,19). The summed E-state index contributed by atoms with van der Waals surface area (Å²) in [5.74, 6) is 1.67. The van der Waals surface area contributed by atoms with E-state index < -0.39 is 0 Å². The fourth-order valence-corrected chi connectivity index (χ4v) is 2.76. The molecule has 2 N–H and O–H groups in total. The zero-order valence-corrected chi connectivity index (χ0v) is 11.6. The number of hydrogen-bond acceptors (Lipinski definition) is 2. The van der Waals surface area contributed by atoms with Gasteiger partial charge in [-0.25, -0.2) is 0 Å². The van der Waals surface area contributed by atoms with Crippen molar-refractivity contribution in [3.8, 4) is 5.75 Å². The molecule has 0 heterocycles. The molecule has 19 heavy (non-hydrogen) atoms. The number of aromatic hydroxyl groups is 1. The van der Waals surface area contributed by atoms with Crippen molar-refractivity contribution in [3.63, 3.8) is 0 Å². The Morgan fingerprint density at radius 3 is 2.74 bits per heavy atom. The van der Waals surface area contributed by atoms with Crippen LogP contribution in [0.4, 0.5) is 0 Å². The summed E-state index contributed by atoms with van der Waals surface area (Å²) in [6, 6.07) is 6.47. The molecule has 1 aliphatic carbocycles. The van der Waals surface area contributed by atoms with Crippen LogP contribution in [-0.4, -0.2) is 17.6 Å². The van der Waals surface area contributed by atoms with E-state index in [1.807, 2.05) is 0 Å². The highest BCUT2D eigenvalue weighted by Gasteiger charge is 2.18. The summed E-state index contributed by atoms with van der Waals surface area (Å²) in [7, 11) is 0. The van der Waals surface area contributed by atoms with Gasteiger partial charge in [-0.3, -0.25) is 4.79 Å². The SMILES string of the molecule is CC1CCC(CCNC(=O)c2cccc(O)c2)CC1. The second-order valence-electron chi connectivity index (χ2n) is 5.72. The molecule has 2 rings (SSSR count). The predicted octanol–water partition coefficient (Wildman–Crippen LogP) is 3.34. The molecule has 1 aromatic carbocycles. The van der Waals surface area contributed by atoms with Gasteiger partial charge in [0.15, 0.2) is 0 Å². The average Bonchev–Trinajstić information content (AvgIpc) is 2.41. The highest BCUT2D eigenvalue weighted by molar-refractivity contribution is 5.94. The normalized spacial score (nSPS) is 23.0. The maximum Gasteiger partial charge on any atom is 0.251 e. The molecule has 0 atom stereocenters. The van der Waals surface area contributed by atoms with Crippen molar-refractivity contribution >= 4 is 5.91 Å². The molecule has 3 heteroatoms. The van der Waals surface area contributed by atoms with Crippen LogP contribution in [0.1, 0.15) is 49.4 Å². The lowest BCUT2D eigenvalue weighted by atomic mass is 9.81. The molecule has 1 aromatic rings. The molecular weight excluding hydrogens is 238 g/mol. The Hall–Kier alpha value is -1.51. The van der Waals surface area contributed by atoms with Crippen LogP contribution >= 0.6 is 0 Å². The third-order valence-electron chi connectivity index (χ3n) is 4.08. The minimum atomic E-state index is -0.0972. The van der Waals surface area contributed by atoms with Crippen molar-refractivity contribution in [2.45, 2.75) is 39.0 Å². The van der Waals surface area contributed by atoms with Crippen LogP contribution in [0.5, 0.6) is 5.75 Å². The van der Waals surface area contributed by atoms with E-state index in [0.717, 1.165) is 24.8 Å². The molecule has 3 nitrogen and oxygen atoms in total. The van der Waals surface area contributed by atoms with Crippen molar-refractivity contribution in [1.29, 1.82) is 0 Å². The lowest BCUT2D eigenvalue weighted by Crippen LogP contribution is -2.26. The number of phenolic OH excluding ortho intramolecular Hbond substituents is 1. The van der Waals surface area contributed by atoms with Crippen LogP contribution in [0.2, 0.25) is 0 Å². The summed E-state index contributed by atoms with van der Waals surface area (Å²) in [4.78, 5) is 11.9. The Bertz CT molecular complexity index is 423. The van der Waals surface area contributed by atoms with E-state index in [4.69, 9.17) is 0 Å². The van der Waals surface area contributed by atoms with Gasteiger partial charge in [0.05, 0.1) is 0 Å². The second kappa shape index (κ2) is 6.60. The maximum atomic E-state index is 11.9. The predicted molar refractivity (Wildman–Crippen MR) is 76.2 cm³/mol. The summed E-state index contributed by atoms with van der Waals surface area (Å²) in [5.41, 5.74) is 0.525. The van der Waals surface area contributed by atoms with Crippen molar-refractivity contribution in [3.05, 3.63) is 29.8 Å². The Balaban J connectivity index is 1.72. The third kappa shape index (κ3) is 4.27. The molecule has 0 aliphatic heterocycles. The van der Waals surface area contributed by atoms with Gasteiger partial charge in [-0.15, -0.1) is 0 Å². The number of amides is 1. The number of carbonyl (C=O) groups excluding carboxylic acids is 1. The van der Waals surface area contributed by atoms with E-state index in [-0.39, 0.29) is 11.7 Å². The van der Waals surface area contributed by atoms with Gasteiger partial charge in [-0.2, -0.15) is 0 Å². The minimum Gasteiger partial charge on any atom is -0.508 e. The zero-order valence-electron chi connectivity index (χ0n) is 11.6. The van der Waals surface area contributed by atoms with Gasteiger partial charge >= 0.3 is 0 Å².